The highest BCUT2D eigenvalue weighted by molar-refractivity contribution is 5.82. The first kappa shape index (κ1) is 9.96. The first-order chi connectivity index (χ1) is 8.36. The average Bonchev–Trinajstić information content (AvgIpc) is 2.87. The Balaban J connectivity index is 2.11. The Morgan fingerprint density at radius 1 is 1.18 bits per heavy atom. The molecule has 0 aliphatic heterocycles. The molecule has 0 spiro atoms. The van der Waals surface area contributed by atoms with Gasteiger partial charge in [0.2, 0.25) is 0 Å². The monoisotopic (exact) mass is 224 g/mol. The molecule has 0 saturated carbocycles. The second-order valence-corrected chi connectivity index (χ2v) is 3.84. The molecule has 0 radical (unpaired) electrons. The van der Waals surface area contributed by atoms with Gasteiger partial charge in [0.25, 0.3) is 0 Å². The van der Waals surface area contributed by atoms with Crippen LogP contribution in [-0.4, -0.2) is 20.0 Å². The summed E-state index contributed by atoms with van der Waals surface area (Å²) in [5, 5.41) is 9.66. The predicted octanol–water partition coefficient (Wildman–Crippen LogP) is 2.51. The molecule has 0 bridgehead atoms. The summed E-state index contributed by atoms with van der Waals surface area (Å²) in [5.41, 5.74) is 2.87. The summed E-state index contributed by atoms with van der Waals surface area (Å²) in [4.78, 5) is 6.09. The highest BCUT2D eigenvalue weighted by Gasteiger charge is 2.04. The molecule has 0 unspecified atom stereocenters. The Labute approximate surface area is 98.9 Å². The molecular weight excluding hydrogens is 212 g/mol. The molecule has 4 heteroatoms. The molecule has 0 amide bonds. The van der Waals surface area contributed by atoms with Gasteiger partial charge in [-0.05, 0) is 19.1 Å². The molecule has 4 nitrogen and oxygen atoms in total. The molecule has 3 rings (SSSR count). The molecule has 17 heavy (non-hydrogen) atoms. The SMILES string of the molecule is CCn1ncc(-c2cnc3ccccc3c2)n1. The van der Waals surface area contributed by atoms with E-state index in [-0.39, 0.29) is 0 Å². The fraction of sp³-hybridized carbons (Fsp3) is 0.154. The van der Waals surface area contributed by atoms with Crippen molar-refractivity contribution < 1.29 is 0 Å². The first-order valence-corrected chi connectivity index (χ1v) is 5.62. The van der Waals surface area contributed by atoms with E-state index in [9.17, 15) is 0 Å². The first-order valence-electron chi connectivity index (χ1n) is 5.62. The van der Waals surface area contributed by atoms with E-state index in [0.717, 1.165) is 28.7 Å². The molecule has 2 heterocycles. The lowest BCUT2D eigenvalue weighted by Crippen LogP contribution is -1.98. The number of benzene rings is 1. The Morgan fingerprint density at radius 3 is 2.88 bits per heavy atom. The predicted molar refractivity (Wildman–Crippen MR) is 66.4 cm³/mol. The van der Waals surface area contributed by atoms with Crippen molar-refractivity contribution in [2.24, 2.45) is 0 Å². The molecule has 3 aromatic rings. The van der Waals surface area contributed by atoms with Gasteiger partial charge in [0.1, 0.15) is 5.69 Å². The molecule has 2 aromatic heterocycles. The number of aryl methyl sites for hydroxylation is 1. The van der Waals surface area contributed by atoms with Crippen LogP contribution in [0.25, 0.3) is 22.2 Å². The zero-order valence-corrected chi connectivity index (χ0v) is 9.54. The van der Waals surface area contributed by atoms with E-state index < -0.39 is 0 Å². The van der Waals surface area contributed by atoms with Crippen LogP contribution in [0.4, 0.5) is 0 Å². The van der Waals surface area contributed by atoms with Crippen molar-refractivity contribution in [2.45, 2.75) is 13.5 Å². The van der Waals surface area contributed by atoms with Gasteiger partial charge >= 0.3 is 0 Å². The van der Waals surface area contributed by atoms with Crippen LogP contribution in [-0.2, 0) is 6.54 Å². The van der Waals surface area contributed by atoms with Crippen LogP contribution in [0.2, 0.25) is 0 Å². The summed E-state index contributed by atoms with van der Waals surface area (Å²) in [6, 6.07) is 10.1. The normalized spacial score (nSPS) is 10.9. The lowest BCUT2D eigenvalue weighted by molar-refractivity contribution is 0.571. The van der Waals surface area contributed by atoms with Gasteiger partial charge in [-0.3, -0.25) is 4.98 Å². The maximum absolute atomic E-state index is 4.42. The van der Waals surface area contributed by atoms with Gasteiger partial charge in [-0.2, -0.15) is 15.0 Å². The summed E-state index contributed by atoms with van der Waals surface area (Å²) >= 11 is 0. The lowest BCUT2D eigenvalue weighted by Gasteiger charge is -1.99. The van der Waals surface area contributed by atoms with Crippen molar-refractivity contribution in [3.05, 3.63) is 42.7 Å². The summed E-state index contributed by atoms with van der Waals surface area (Å²) in [5.74, 6) is 0. The molecular formula is C13H12N4. The second-order valence-electron chi connectivity index (χ2n) is 3.84. The van der Waals surface area contributed by atoms with Crippen molar-refractivity contribution in [3.8, 4) is 11.3 Å². The molecule has 0 atom stereocenters. The molecule has 84 valence electrons. The van der Waals surface area contributed by atoms with Crippen LogP contribution >= 0.6 is 0 Å². The fourth-order valence-corrected chi connectivity index (χ4v) is 1.79. The largest absolute Gasteiger partial charge is 0.256 e. The highest BCUT2D eigenvalue weighted by atomic mass is 15.5. The van der Waals surface area contributed by atoms with E-state index >= 15 is 0 Å². The minimum absolute atomic E-state index is 0.779. The number of fused-ring (bicyclic) bond motifs is 1. The van der Waals surface area contributed by atoms with Gasteiger partial charge in [0, 0.05) is 17.1 Å². The quantitative estimate of drug-likeness (QED) is 0.671. The van der Waals surface area contributed by atoms with E-state index in [1.807, 2.05) is 31.3 Å². The summed E-state index contributed by atoms with van der Waals surface area (Å²) < 4.78 is 0. The summed E-state index contributed by atoms with van der Waals surface area (Å²) in [6.07, 6.45) is 3.61. The van der Waals surface area contributed by atoms with Crippen LogP contribution in [0.15, 0.2) is 42.7 Å². The van der Waals surface area contributed by atoms with Crippen molar-refractivity contribution >= 4 is 10.9 Å². The van der Waals surface area contributed by atoms with E-state index in [4.69, 9.17) is 0 Å². The van der Waals surface area contributed by atoms with Crippen molar-refractivity contribution in [1.82, 2.24) is 20.0 Å². The zero-order valence-electron chi connectivity index (χ0n) is 9.54. The number of nitrogens with zero attached hydrogens (tertiary/aromatic N) is 4. The average molecular weight is 224 g/mol. The van der Waals surface area contributed by atoms with Crippen molar-refractivity contribution in [3.63, 3.8) is 0 Å². The Morgan fingerprint density at radius 2 is 2.06 bits per heavy atom. The van der Waals surface area contributed by atoms with Gasteiger partial charge in [0.15, 0.2) is 0 Å². The topological polar surface area (TPSA) is 43.6 Å². The minimum Gasteiger partial charge on any atom is -0.256 e. The van der Waals surface area contributed by atoms with Crippen LogP contribution in [0, 0.1) is 0 Å². The zero-order chi connectivity index (χ0) is 11.7. The number of para-hydroxylation sites is 1. The molecule has 0 aliphatic carbocycles. The Kier molecular flexibility index (Phi) is 2.33. The van der Waals surface area contributed by atoms with Gasteiger partial charge in [-0.1, -0.05) is 18.2 Å². The van der Waals surface area contributed by atoms with E-state index in [1.54, 1.807) is 11.0 Å². The number of hydrogen-bond acceptors (Lipinski definition) is 3. The number of hydrogen-bond donors (Lipinski definition) is 0. The third-order valence-corrected chi connectivity index (χ3v) is 2.71. The van der Waals surface area contributed by atoms with Crippen molar-refractivity contribution in [1.29, 1.82) is 0 Å². The van der Waals surface area contributed by atoms with E-state index in [2.05, 4.69) is 27.3 Å². The molecule has 0 fully saturated rings. The molecule has 1 aromatic carbocycles. The summed E-state index contributed by atoms with van der Waals surface area (Å²) in [7, 11) is 0. The van der Waals surface area contributed by atoms with Gasteiger partial charge in [-0.15, -0.1) is 0 Å². The van der Waals surface area contributed by atoms with Gasteiger partial charge in [-0.25, -0.2) is 0 Å². The third kappa shape index (κ3) is 1.78. The van der Waals surface area contributed by atoms with Crippen molar-refractivity contribution in [2.75, 3.05) is 0 Å². The number of rotatable bonds is 2. The van der Waals surface area contributed by atoms with Crippen LogP contribution in [0.5, 0.6) is 0 Å². The summed E-state index contributed by atoms with van der Waals surface area (Å²) in [6.45, 7) is 2.80. The maximum atomic E-state index is 4.42. The van der Waals surface area contributed by atoms with Crippen LogP contribution < -0.4 is 0 Å². The second kappa shape index (κ2) is 3.97. The molecule has 0 N–H and O–H groups in total. The van der Waals surface area contributed by atoms with Gasteiger partial charge < -0.3 is 0 Å². The number of pyridine rings is 1. The molecule has 0 saturated heterocycles. The fourth-order valence-electron chi connectivity index (χ4n) is 1.79. The van der Waals surface area contributed by atoms with Crippen LogP contribution in [0.3, 0.4) is 0 Å². The highest BCUT2D eigenvalue weighted by Crippen LogP contribution is 2.20. The third-order valence-electron chi connectivity index (χ3n) is 2.71. The van der Waals surface area contributed by atoms with Gasteiger partial charge in [0.05, 0.1) is 18.3 Å². The standard InChI is InChI=1S/C13H12N4/c1-2-17-15-9-13(16-17)11-7-10-5-3-4-6-12(10)14-8-11/h3-9H,2H2,1H3. The Bertz CT molecular complexity index is 657. The van der Waals surface area contributed by atoms with E-state index in [1.165, 1.54) is 0 Å². The lowest BCUT2D eigenvalue weighted by atomic mass is 10.1. The number of aromatic nitrogens is 4. The van der Waals surface area contributed by atoms with Crippen LogP contribution in [0.1, 0.15) is 6.92 Å². The maximum Gasteiger partial charge on any atom is 0.114 e. The molecule has 0 aliphatic rings. The Hall–Kier alpha value is -2.23. The minimum atomic E-state index is 0.779. The smallest absolute Gasteiger partial charge is 0.114 e. The van der Waals surface area contributed by atoms with E-state index in [0.29, 0.717) is 0 Å².